The first-order valence-corrected chi connectivity index (χ1v) is 8.35. The van der Waals surface area contributed by atoms with Crippen LogP contribution in [-0.4, -0.2) is 46.1 Å². The highest BCUT2D eigenvalue weighted by molar-refractivity contribution is 7.18. The van der Waals surface area contributed by atoms with Crippen LogP contribution in [0.3, 0.4) is 0 Å². The van der Waals surface area contributed by atoms with E-state index >= 15 is 0 Å². The Morgan fingerprint density at radius 2 is 2.30 bits per heavy atom. The van der Waals surface area contributed by atoms with Crippen LogP contribution in [0.15, 0.2) is 12.4 Å². The summed E-state index contributed by atoms with van der Waals surface area (Å²) in [6.45, 7) is 2.93. The number of aliphatic carboxylic acids is 1. The molecule has 1 fully saturated rings. The number of fused-ring (bicyclic) bond motifs is 1. The highest BCUT2D eigenvalue weighted by atomic mass is 32.1. The normalized spacial score (nSPS) is 17.6. The molecule has 1 amide bonds. The largest absolute Gasteiger partial charge is 0.481 e. The number of carboxylic acids is 1. The number of nitrogens with one attached hydrogen (secondary N) is 1. The van der Waals surface area contributed by atoms with Crippen molar-refractivity contribution in [1.29, 1.82) is 0 Å². The second-order valence-electron chi connectivity index (χ2n) is 5.56. The first-order valence-electron chi connectivity index (χ1n) is 7.53. The number of nitrogens with zero attached hydrogens (tertiary/aromatic N) is 3. The standard InChI is InChI=1S/C15H18N4O3S/c1-9-7-10-13(17-8-18-15(10)23-9)19-6-2-3-11(19)14(22)16-5-4-12(20)21/h7-8,11H,2-6H2,1H3,(H,16,22)(H,20,21). The lowest BCUT2D eigenvalue weighted by Gasteiger charge is -2.25. The summed E-state index contributed by atoms with van der Waals surface area (Å²) in [5.74, 6) is -0.266. The average molecular weight is 334 g/mol. The molecule has 3 heterocycles. The van der Waals surface area contributed by atoms with Gasteiger partial charge in [0.05, 0.1) is 11.8 Å². The Morgan fingerprint density at radius 1 is 1.48 bits per heavy atom. The Hall–Kier alpha value is -2.22. The maximum atomic E-state index is 12.4. The van der Waals surface area contributed by atoms with Gasteiger partial charge in [0.2, 0.25) is 5.91 Å². The van der Waals surface area contributed by atoms with E-state index < -0.39 is 5.97 Å². The molecular formula is C15H18N4O3S. The van der Waals surface area contributed by atoms with Crippen molar-refractivity contribution in [2.45, 2.75) is 32.2 Å². The van der Waals surface area contributed by atoms with E-state index in [0.717, 1.165) is 40.3 Å². The molecule has 23 heavy (non-hydrogen) atoms. The highest BCUT2D eigenvalue weighted by Crippen LogP contribution is 2.33. The number of anilines is 1. The molecule has 1 saturated heterocycles. The zero-order valence-electron chi connectivity index (χ0n) is 12.8. The van der Waals surface area contributed by atoms with Gasteiger partial charge in [0.15, 0.2) is 0 Å². The Morgan fingerprint density at radius 3 is 3.09 bits per heavy atom. The molecule has 0 bridgehead atoms. The monoisotopic (exact) mass is 334 g/mol. The molecule has 0 radical (unpaired) electrons. The van der Waals surface area contributed by atoms with Gasteiger partial charge in [-0.25, -0.2) is 9.97 Å². The van der Waals surface area contributed by atoms with Crippen molar-refractivity contribution in [2.75, 3.05) is 18.0 Å². The number of hydrogen-bond donors (Lipinski definition) is 2. The minimum Gasteiger partial charge on any atom is -0.481 e. The predicted octanol–water partition coefficient (Wildman–Crippen LogP) is 1.56. The van der Waals surface area contributed by atoms with Gasteiger partial charge in [-0.05, 0) is 25.8 Å². The molecule has 122 valence electrons. The summed E-state index contributed by atoms with van der Waals surface area (Å²) >= 11 is 1.61. The summed E-state index contributed by atoms with van der Waals surface area (Å²) < 4.78 is 0. The molecular weight excluding hydrogens is 316 g/mol. The molecule has 1 unspecified atom stereocenters. The van der Waals surface area contributed by atoms with Crippen molar-refractivity contribution in [1.82, 2.24) is 15.3 Å². The quantitative estimate of drug-likeness (QED) is 0.861. The number of hydrogen-bond acceptors (Lipinski definition) is 6. The van der Waals surface area contributed by atoms with Crippen molar-refractivity contribution in [3.8, 4) is 0 Å². The molecule has 0 spiro atoms. The van der Waals surface area contributed by atoms with Crippen molar-refractivity contribution in [2.24, 2.45) is 0 Å². The summed E-state index contributed by atoms with van der Waals surface area (Å²) in [5, 5.41) is 12.3. The zero-order valence-corrected chi connectivity index (χ0v) is 13.6. The van der Waals surface area contributed by atoms with Gasteiger partial charge in [0.25, 0.3) is 0 Å². The Balaban J connectivity index is 1.80. The van der Waals surface area contributed by atoms with Crippen LogP contribution in [0.5, 0.6) is 0 Å². The lowest BCUT2D eigenvalue weighted by molar-refractivity contribution is -0.136. The molecule has 3 rings (SSSR count). The van der Waals surface area contributed by atoms with E-state index in [0.29, 0.717) is 0 Å². The Bertz CT molecular complexity index is 745. The molecule has 0 aliphatic carbocycles. The molecule has 0 aromatic carbocycles. The van der Waals surface area contributed by atoms with Gasteiger partial charge in [-0.3, -0.25) is 9.59 Å². The van der Waals surface area contributed by atoms with Crippen LogP contribution in [-0.2, 0) is 9.59 Å². The molecule has 1 aliphatic heterocycles. The lowest BCUT2D eigenvalue weighted by atomic mass is 10.2. The van der Waals surface area contributed by atoms with Gasteiger partial charge in [0.1, 0.15) is 23.0 Å². The molecule has 2 aromatic heterocycles. The van der Waals surface area contributed by atoms with Crippen LogP contribution in [0.25, 0.3) is 10.2 Å². The number of amides is 1. The van der Waals surface area contributed by atoms with Crippen molar-refractivity contribution < 1.29 is 14.7 Å². The van der Waals surface area contributed by atoms with Crippen LogP contribution in [0.4, 0.5) is 5.82 Å². The topological polar surface area (TPSA) is 95.4 Å². The van der Waals surface area contributed by atoms with E-state index in [4.69, 9.17) is 5.11 Å². The molecule has 0 saturated carbocycles. The number of carbonyl (C=O) groups is 2. The fourth-order valence-corrected chi connectivity index (χ4v) is 3.74. The minimum atomic E-state index is -0.917. The van der Waals surface area contributed by atoms with Crippen molar-refractivity contribution in [3.63, 3.8) is 0 Å². The molecule has 2 aromatic rings. The number of carbonyl (C=O) groups excluding carboxylic acids is 1. The maximum absolute atomic E-state index is 12.4. The molecule has 1 aliphatic rings. The van der Waals surface area contributed by atoms with Crippen molar-refractivity contribution >= 4 is 39.2 Å². The van der Waals surface area contributed by atoms with Crippen LogP contribution < -0.4 is 10.2 Å². The van der Waals surface area contributed by atoms with Crippen LogP contribution >= 0.6 is 11.3 Å². The number of aromatic nitrogens is 2. The first kappa shape index (κ1) is 15.7. The van der Waals surface area contributed by atoms with E-state index in [1.165, 1.54) is 6.33 Å². The Labute approximate surface area is 137 Å². The van der Waals surface area contributed by atoms with E-state index in [9.17, 15) is 9.59 Å². The third-order valence-corrected chi connectivity index (χ3v) is 4.86. The van der Waals surface area contributed by atoms with Crippen LogP contribution in [0.2, 0.25) is 0 Å². The molecule has 1 atom stereocenters. The number of rotatable bonds is 5. The van der Waals surface area contributed by atoms with E-state index in [2.05, 4.69) is 15.3 Å². The summed E-state index contributed by atoms with van der Waals surface area (Å²) in [4.78, 5) is 35.7. The summed E-state index contributed by atoms with van der Waals surface area (Å²) in [5.41, 5.74) is 0. The van der Waals surface area contributed by atoms with Crippen molar-refractivity contribution in [3.05, 3.63) is 17.3 Å². The van der Waals surface area contributed by atoms with E-state index in [1.807, 2.05) is 17.9 Å². The Kier molecular flexibility index (Phi) is 4.42. The van der Waals surface area contributed by atoms with Gasteiger partial charge in [0, 0.05) is 18.0 Å². The van der Waals surface area contributed by atoms with Gasteiger partial charge in [-0.2, -0.15) is 0 Å². The second kappa shape index (κ2) is 6.49. The fourth-order valence-electron chi connectivity index (χ4n) is 2.90. The molecule has 7 nitrogen and oxygen atoms in total. The van der Waals surface area contributed by atoms with Crippen LogP contribution in [0, 0.1) is 6.92 Å². The van der Waals surface area contributed by atoms with E-state index in [1.54, 1.807) is 11.3 Å². The second-order valence-corrected chi connectivity index (χ2v) is 6.79. The maximum Gasteiger partial charge on any atom is 0.305 e. The first-order chi connectivity index (χ1) is 11.1. The fraction of sp³-hybridized carbons (Fsp3) is 0.467. The SMILES string of the molecule is Cc1cc2c(N3CCCC3C(=O)NCCC(=O)O)ncnc2s1. The molecule has 8 heteroatoms. The van der Waals surface area contributed by atoms with Gasteiger partial charge in [-0.1, -0.05) is 0 Å². The van der Waals surface area contributed by atoms with Crippen LogP contribution in [0.1, 0.15) is 24.1 Å². The summed E-state index contributed by atoms with van der Waals surface area (Å²) in [6.07, 6.45) is 3.12. The summed E-state index contributed by atoms with van der Waals surface area (Å²) in [6, 6.07) is 1.75. The van der Waals surface area contributed by atoms with E-state index in [-0.39, 0.29) is 24.9 Å². The smallest absolute Gasteiger partial charge is 0.305 e. The lowest BCUT2D eigenvalue weighted by Crippen LogP contribution is -2.44. The number of carboxylic acid groups (broad SMARTS) is 1. The highest BCUT2D eigenvalue weighted by Gasteiger charge is 2.32. The number of thiophene rings is 1. The summed E-state index contributed by atoms with van der Waals surface area (Å²) in [7, 11) is 0. The van der Waals surface area contributed by atoms with Gasteiger partial charge in [-0.15, -0.1) is 11.3 Å². The third-order valence-electron chi connectivity index (χ3n) is 3.90. The number of aryl methyl sites for hydroxylation is 1. The van der Waals surface area contributed by atoms with Gasteiger partial charge < -0.3 is 15.3 Å². The van der Waals surface area contributed by atoms with Gasteiger partial charge >= 0.3 is 5.97 Å². The minimum absolute atomic E-state index is 0.0695. The predicted molar refractivity (Wildman–Crippen MR) is 87.8 cm³/mol. The average Bonchev–Trinajstić information content (AvgIpc) is 3.11. The third kappa shape index (κ3) is 3.26. The molecule has 2 N–H and O–H groups in total. The zero-order chi connectivity index (χ0) is 16.4.